The fraction of sp³-hybridized carbons (Fsp3) is 0.444. The third kappa shape index (κ3) is 7.42. The van der Waals surface area contributed by atoms with Crippen molar-refractivity contribution in [1.29, 1.82) is 0 Å². The first kappa shape index (κ1) is 25.4. The van der Waals surface area contributed by atoms with Gasteiger partial charge in [0.2, 0.25) is 5.91 Å². The van der Waals surface area contributed by atoms with Crippen molar-refractivity contribution in [3.63, 3.8) is 0 Å². The third-order valence-electron chi connectivity index (χ3n) is 5.57. The van der Waals surface area contributed by atoms with Crippen molar-refractivity contribution in [2.24, 2.45) is 5.92 Å². The van der Waals surface area contributed by atoms with Gasteiger partial charge >= 0.3 is 0 Å². The second-order valence-electron chi connectivity index (χ2n) is 8.96. The second-order valence-corrected chi connectivity index (χ2v) is 8.96. The van der Waals surface area contributed by atoms with E-state index in [4.69, 9.17) is 4.74 Å². The fourth-order valence-electron chi connectivity index (χ4n) is 4.01. The largest absolute Gasteiger partial charge is 0.380 e. The predicted molar refractivity (Wildman–Crippen MR) is 134 cm³/mol. The molecule has 2 N–H and O–H groups in total. The maximum atomic E-state index is 13.1. The summed E-state index contributed by atoms with van der Waals surface area (Å²) in [6, 6.07) is 15.7. The zero-order valence-electron chi connectivity index (χ0n) is 20.4. The normalized spacial score (nSPS) is 12.1. The molecule has 0 aliphatic heterocycles. The Bertz CT molecular complexity index is 1060. The molecule has 2 heterocycles. The van der Waals surface area contributed by atoms with E-state index in [0.29, 0.717) is 49.3 Å². The molecule has 0 fully saturated rings. The molecule has 0 saturated carbocycles. The van der Waals surface area contributed by atoms with E-state index in [1.54, 1.807) is 16.7 Å². The summed E-state index contributed by atoms with van der Waals surface area (Å²) in [6.45, 7) is 8.65. The summed E-state index contributed by atoms with van der Waals surface area (Å²) in [6.07, 6.45) is 3.86. The van der Waals surface area contributed by atoms with Crippen LogP contribution in [-0.4, -0.2) is 47.5 Å². The maximum absolute atomic E-state index is 13.1. The van der Waals surface area contributed by atoms with Crippen LogP contribution in [0.4, 0.5) is 0 Å². The Hall–Kier alpha value is -3.19. The summed E-state index contributed by atoms with van der Waals surface area (Å²) in [7, 11) is 0. The van der Waals surface area contributed by atoms with Crippen LogP contribution in [0.25, 0.3) is 5.65 Å². The van der Waals surface area contributed by atoms with E-state index in [-0.39, 0.29) is 24.2 Å². The highest BCUT2D eigenvalue weighted by Gasteiger charge is 2.17. The molecule has 1 unspecified atom stereocenters. The molecule has 7 heteroatoms. The first-order valence-corrected chi connectivity index (χ1v) is 12.1. The molecule has 3 aromatic rings. The van der Waals surface area contributed by atoms with E-state index >= 15 is 0 Å². The highest BCUT2D eigenvalue weighted by Crippen LogP contribution is 2.23. The van der Waals surface area contributed by atoms with Gasteiger partial charge in [-0.15, -0.1) is 0 Å². The van der Waals surface area contributed by atoms with Crippen LogP contribution in [0.15, 0.2) is 54.7 Å². The summed E-state index contributed by atoms with van der Waals surface area (Å²) < 4.78 is 7.14. The number of carbonyl (C=O) groups is 2. The van der Waals surface area contributed by atoms with E-state index in [9.17, 15) is 9.59 Å². The van der Waals surface area contributed by atoms with Gasteiger partial charge in [-0.05, 0) is 36.5 Å². The number of nitrogens with zero attached hydrogens (tertiary/aromatic N) is 2. The van der Waals surface area contributed by atoms with Crippen molar-refractivity contribution in [2.75, 3.05) is 26.3 Å². The number of rotatable bonds is 13. The Balaban J connectivity index is 1.64. The second kappa shape index (κ2) is 12.9. The summed E-state index contributed by atoms with van der Waals surface area (Å²) >= 11 is 0. The third-order valence-corrected chi connectivity index (χ3v) is 5.57. The van der Waals surface area contributed by atoms with Gasteiger partial charge in [0.25, 0.3) is 5.91 Å². The lowest BCUT2D eigenvalue weighted by Gasteiger charge is -2.20. The van der Waals surface area contributed by atoms with E-state index in [1.165, 1.54) is 5.56 Å². The number of aromatic nitrogens is 2. The molecule has 2 aromatic heterocycles. The molecule has 0 saturated heterocycles. The van der Waals surface area contributed by atoms with Gasteiger partial charge in [0.15, 0.2) is 0 Å². The van der Waals surface area contributed by atoms with Crippen molar-refractivity contribution >= 4 is 17.5 Å². The maximum Gasteiger partial charge on any atom is 0.268 e. The van der Waals surface area contributed by atoms with Gasteiger partial charge in [-0.3, -0.25) is 14.0 Å². The van der Waals surface area contributed by atoms with Crippen LogP contribution < -0.4 is 10.6 Å². The lowest BCUT2D eigenvalue weighted by molar-refractivity contribution is -0.120. The molecule has 0 aliphatic rings. The standard InChI is InChI=1S/C27H36N4O3/c1-4-14-34-15-13-28-26(32)17-23-19-31-24(11-8-12-25(31)30-23)27(33)29-18-22(16-20(2)3)21-9-6-5-7-10-21/h5-12,19-20,22H,4,13-18H2,1-3H3,(H,28,32)(H,29,33). The number of carbonyl (C=O) groups excluding carboxylic acids is 2. The van der Waals surface area contributed by atoms with Crippen molar-refractivity contribution in [2.45, 2.75) is 46.0 Å². The van der Waals surface area contributed by atoms with Crippen LogP contribution in [0.2, 0.25) is 0 Å². The van der Waals surface area contributed by atoms with Crippen molar-refractivity contribution in [3.05, 3.63) is 71.7 Å². The molecule has 0 bridgehead atoms. The molecule has 0 aliphatic carbocycles. The molecule has 2 amide bonds. The molecule has 1 aromatic carbocycles. The zero-order chi connectivity index (χ0) is 24.3. The number of imidazole rings is 1. The summed E-state index contributed by atoms with van der Waals surface area (Å²) in [4.78, 5) is 29.9. The van der Waals surface area contributed by atoms with E-state index in [2.05, 4.69) is 41.6 Å². The number of hydrogen-bond acceptors (Lipinski definition) is 4. The first-order chi connectivity index (χ1) is 16.5. The monoisotopic (exact) mass is 464 g/mol. The van der Waals surface area contributed by atoms with Gasteiger partial charge in [0.05, 0.1) is 18.7 Å². The molecule has 3 rings (SSSR count). The van der Waals surface area contributed by atoms with Gasteiger partial charge in [0, 0.05) is 31.8 Å². The minimum Gasteiger partial charge on any atom is -0.380 e. The van der Waals surface area contributed by atoms with Gasteiger partial charge in [-0.1, -0.05) is 57.2 Å². The first-order valence-electron chi connectivity index (χ1n) is 12.1. The van der Waals surface area contributed by atoms with Crippen molar-refractivity contribution in [3.8, 4) is 0 Å². The van der Waals surface area contributed by atoms with E-state index < -0.39 is 0 Å². The topological polar surface area (TPSA) is 84.7 Å². The molecular formula is C27H36N4O3. The van der Waals surface area contributed by atoms with Crippen LogP contribution in [0.1, 0.15) is 61.3 Å². The zero-order valence-corrected chi connectivity index (χ0v) is 20.4. The number of ether oxygens (including phenoxy) is 1. The van der Waals surface area contributed by atoms with Crippen LogP contribution >= 0.6 is 0 Å². The Kier molecular flexibility index (Phi) is 9.64. The summed E-state index contributed by atoms with van der Waals surface area (Å²) in [5.74, 6) is 0.490. The molecular weight excluding hydrogens is 428 g/mol. The van der Waals surface area contributed by atoms with Crippen molar-refractivity contribution < 1.29 is 14.3 Å². The van der Waals surface area contributed by atoms with Crippen LogP contribution in [-0.2, 0) is 16.0 Å². The average molecular weight is 465 g/mol. The van der Waals surface area contributed by atoms with Crippen molar-refractivity contribution in [1.82, 2.24) is 20.0 Å². The van der Waals surface area contributed by atoms with Gasteiger partial charge < -0.3 is 15.4 Å². The molecule has 182 valence electrons. The Morgan fingerprint density at radius 2 is 1.82 bits per heavy atom. The van der Waals surface area contributed by atoms with E-state index in [1.807, 2.05) is 37.3 Å². The average Bonchev–Trinajstić information content (AvgIpc) is 3.24. The van der Waals surface area contributed by atoms with Gasteiger partial charge in [0.1, 0.15) is 11.3 Å². The highest BCUT2D eigenvalue weighted by molar-refractivity contribution is 5.93. The molecule has 7 nitrogen and oxygen atoms in total. The highest BCUT2D eigenvalue weighted by atomic mass is 16.5. The Labute approximate surface area is 201 Å². The number of benzene rings is 1. The van der Waals surface area contributed by atoms with Crippen LogP contribution in [0.5, 0.6) is 0 Å². The number of amides is 2. The fourth-order valence-corrected chi connectivity index (χ4v) is 4.01. The minimum absolute atomic E-state index is 0.117. The predicted octanol–water partition coefficient (Wildman–Crippen LogP) is 3.98. The SMILES string of the molecule is CCCOCCNC(=O)Cc1cn2c(C(=O)NCC(CC(C)C)c3ccccc3)cccc2n1. The molecule has 0 radical (unpaired) electrons. The quantitative estimate of drug-likeness (QED) is 0.375. The van der Waals surface area contributed by atoms with E-state index in [0.717, 1.165) is 12.8 Å². The number of pyridine rings is 1. The number of hydrogen-bond donors (Lipinski definition) is 2. The molecule has 0 spiro atoms. The lowest BCUT2D eigenvalue weighted by Crippen LogP contribution is -2.30. The van der Waals surface area contributed by atoms with Crippen LogP contribution in [0.3, 0.4) is 0 Å². The smallest absolute Gasteiger partial charge is 0.268 e. The van der Waals surface area contributed by atoms with Crippen LogP contribution in [0, 0.1) is 5.92 Å². The number of nitrogens with one attached hydrogen (secondary N) is 2. The minimum atomic E-state index is -0.156. The Morgan fingerprint density at radius 3 is 2.56 bits per heavy atom. The summed E-state index contributed by atoms with van der Waals surface area (Å²) in [5, 5.41) is 5.95. The molecule has 1 atom stereocenters. The van der Waals surface area contributed by atoms with Gasteiger partial charge in [-0.25, -0.2) is 4.98 Å². The molecule has 34 heavy (non-hydrogen) atoms. The Morgan fingerprint density at radius 1 is 1.03 bits per heavy atom. The summed E-state index contributed by atoms with van der Waals surface area (Å²) in [5.41, 5.74) is 2.99. The lowest BCUT2D eigenvalue weighted by atomic mass is 9.90. The number of fused-ring (bicyclic) bond motifs is 1. The van der Waals surface area contributed by atoms with Gasteiger partial charge in [-0.2, -0.15) is 0 Å².